The lowest BCUT2D eigenvalue weighted by Crippen LogP contribution is -2.60. The molecule has 2 aromatic heterocycles. The van der Waals surface area contributed by atoms with Crippen LogP contribution in [0.3, 0.4) is 0 Å². The summed E-state index contributed by atoms with van der Waals surface area (Å²) in [4.78, 5) is 60.5. The molecule has 13 heteroatoms. The second kappa shape index (κ2) is 21.3. The maximum Gasteiger partial charge on any atom is 0.293 e. The van der Waals surface area contributed by atoms with E-state index >= 15 is 0 Å². The van der Waals surface area contributed by atoms with E-state index in [9.17, 15) is 19.2 Å². The molecular weight excluding hydrogens is 807 g/mol. The Hall–Kier alpha value is -5.11. The average Bonchev–Trinajstić information content (AvgIpc) is 3.89. The first-order valence-electron chi connectivity index (χ1n) is 23.3. The van der Waals surface area contributed by atoms with Crippen molar-refractivity contribution in [1.82, 2.24) is 35.5 Å². The molecule has 2 aliphatic rings. The monoisotopic (exact) mass is 878 g/mol. The zero-order chi connectivity index (χ0) is 46.3. The highest BCUT2D eigenvalue weighted by Gasteiger charge is 2.40. The van der Waals surface area contributed by atoms with Gasteiger partial charge in [-0.05, 0) is 112 Å². The molecule has 2 saturated heterocycles. The Morgan fingerprint density at radius 1 is 1.05 bits per heavy atom. The molecule has 4 aromatic rings. The molecule has 5 unspecified atom stereocenters. The van der Waals surface area contributed by atoms with Crippen molar-refractivity contribution in [1.29, 1.82) is 0 Å². The van der Waals surface area contributed by atoms with Gasteiger partial charge in [-0.15, -0.1) is 0 Å². The van der Waals surface area contributed by atoms with E-state index in [1.807, 2.05) is 26.8 Å². The lowest BCUT2D eigenvalue weighted by molar-refractivity contribution is -0.146. The van der Waals surface area contributed by atoms with Crippen molar-refractivity contribution in [3.8, 4) is 22.4 Å². The number of hydrogen-bond donors (Lipinski definition) is 3. The van der Waals surface area contributed by atoms with Gasteiger partial charge in [-0.3, -0.25) is 29.2 Å². The second-order valence-electron chi connectivity index (χ2n) is 18.9. The van der Waals surface area contributed by atoms with Gasteiger partial charge in [0.15, 0.2) is 0 Å². The smallest absolute Gasteiger partial charge is 0.293 e. The molecule has 5 atom stereocenters. The van der Waals surface area contributed by atoms with Crippen molar-refractivity contribution in [2.75, 3.05) is 40.4 Å². The first-order chi connectivity index (χ1) is 30.6. The summed E-state index contributed by atoms with van der Waals surface area (Å²) < 4.78 is 13.5. The second-order valence-corrected chi connectivity index (χ2v) is 18.9. The van der Waals surface area contributed by atoms with Crippen LogP contribution < -0.4 is 16.1 Å². The Balaban J connectivity index is 1.40. The number of hydrogen-bond acceptors (Lipinski definition) is 9. The number of rotatable bonds is 19. The molecule has 0 aliphatic carbocycles. The number of carbonyl (C=O) groups excluding carboxylic acids is 4. The average molecular weight is 878 g/mol. The Kier molecular flexibility index (Phi) is 16.1. The van der Waals surface area contributed by atoms with Crippen LogP contribution >= 0.6 is 0 Å². The molecule has 2 aliphatic heterocycles. The van der Waals surface area contributed by atoms with E-state index in [-0.39, 0.29) is 60.1 Å². The molecule has 346 valence electrons. The van der Waals surface area contributed by atoms with Crippen molar-refractivity contribution in [3.05, 3.63) is 77.1 Å². The standard InChI is InChI=1S/C51H71N7O6/c1-11-42-38(19-22-52-42)49(61)56(9)46(32(3)4)48(60)55-43(50(62)58-23-14-13-21-54-58)27-35-24-33(5)25-37(26-35)36-17-18-44-40(28-36)41(29-51(7,8)30-64-31-59)47(57(44)12-2)39-16-15-20-53-45(39)34(6)63-10/h15-18,20,24-26,28,31-32,34,38,42-43,46,52,54H,11-14,19,21-23,27,29-30H2,1-10H3,(H,55,60). The maximum absolute atomic E-state index is 14.4. The fourth-order valence-electron chi connectivity index (χ4n) is 9.98. The zero-order valence-electron chi connectivity index (χ0n) is 39.8. The molecule has 3 amide bonds. The summed E-state index contributed by atoms with van der Waals surface area (Å²) in [7, 11) is 3.42. The Morgan fingerprint density at radius 3 is 2.50 bits per heavy atom. The third-order valence-electron chi connectivity index (χ3n) is 13.2. The quantitative estimate of drug-likeness (QED) is 0.0835. The van der Waals surface area contributed by atoms with Crippen LogP contribution in [-0.2, 0) is 48.0 Å². The first-order valence-corrected chi connectivity index (χ1v) is 23.3. The van der Waals surface area contributed by atoms with Crippen LogP contribution in [0.25, 0.3) is 33.3 Å². The lowest BCUT2D eigenvalue weighted by Gasteiger charge is -2.35. The highest BCUT2D eigenvalue weighted by Crippen LogP contribution is 2.42. The van der Waals surface area contributed by atoms with Gasteiger partial charge < -0.3 is 29.6 Å². The molecule has 4 heterocycles. The van der Waals surface area contributed by atoms with Crippen LogP contribution in [0.4, 0.5) is 0 Å². The number of nitrogens with zero attached hydrogens (tertiary/aromatic N) is 4. The van der Waals surface area contributed by atoms with Crippen molar-refractivity contribution in [3.63, 3.8) is 0 Å². The van der Waals surface area contributed by atoms with Gasteiger partial charge in [0.05, 0.1) is 30.0 Å². The summed E-state index contributed by atoms with van der Waals surface area (Å²) in [6.45, 7) is 19.9. The van der Waals surface area contributed by atoms with Crippen LogP contribution in [-0.4, -0.2) is 102 Å². The molecule has 0 saturated carbocycles. The normalized spacial score (nSPS) is 18.2. The van der Waals surface area contributed by atoms with E-state index in [0.29, 0.717) is 32.5 Å². The Bertz CT molecular complexity index is 2280. The van der Waals surface area contributed by atoms with Gasteiger partial charge >= 0.3 is 0 Å². The highest BCUT2D eigenvalue weighted by atomic mass is 16.5. The number of carbonyl (C=O) groups is 4. The van der Waals surface area contributed by atoms with Gasteiger partial charge in [0.1, 0.15) is 12.1 Å². The summed E-state index contributed by atoms with van der Waals surface area (Å²) in [6.07, 6.45) is 5.85. The molecule has 2 aromatic carbocycles. The number of likely N-dealkylation sites (N-methyl/N-ethyl adjacent to an activating group) is 1. The van der Waals surface area contributed by atoms with Crippen LogP contribution in [0, 0.1) is 24.2 Å². The maximum atomic E-state index is 14.4. The fraction of sp³-hybridized carbons (Fsp3) is 0.549. The highest BCUT2D eigenvalue weighted by molar-refractivity contribution is 5.96. The Morgan fingerprint density at radius 2 is 1.83 bits per heavy atom. The molecule has 0 radical (unpaired) electrons. The van der Waals surface area contributed by atoms with Crippen LogP contribution in [0.1, 0.15) is 103 Å². The molecule has 3 N–H and O–H groups in total. The van der Waals surface area contributed by atoms with Gasteiger partial charge in [0, 0.05) is 74.3 Å². The van der Waals surface area contributed by atoms with E-state index in [1.54, 1.807) is 30.3 Å². The number of fused-ring (bicyclic) bond motifs is 1. The number of ether oxygens (including phenoxy) is 2. The first kappa shape index (κ1) is 48.3. The van der Waals surface area contributed by atoms with E-state index in [2.05, 4.69) is 97.7 Å². The van der Waals surface area contributed by atoms with Gasteiger partial charge in [-0.25, -0.2) is 5.43 Å². The number of aromatic nitrogens is 2. The van der Waals surface area contributed by atoms with Gasteiger partial charge in [-0.1, -0.05) is 64.4 Å². The van der Waals surface area contributed by atoms with E-state index in [1.165, 1.54) is 0 Å². The molecular formula is C51H71N7O6. The number of amides is 3. The lowest BCUT2D eigenvalue weighted by atomic mass is 9.84. The van der Waals surface area contributed by atoms with Gasteiger partial charge in [-0.2, -0.15) is 0 Å². The minimum Gasteiger partial charge on any atom is -0.467 e. The molecule has 0 spiro atoms. The third kappa shape index (κ3) is 10.7. The van der Waals surface area contributed by atoms with Gasteiger partial charge in [0.25, 0.3) is 12.4 Å². The summed E-state index contributed by atoms with van der Waals surface area (Å²) in [5.74, 6) is -0.948. The summed E-state index contributed by atoms with van der Waals surface area (Å²) in [6, 6.07) is 15.5. The predicted octanol–water partition coefficient (Wildman–Crippen LogP) is 7.17. The van der Waals surface area contributed by atoms with Gasteiger partial charge in [0.2, 0.25) is 11.8 Å². The third-order valence-corrected chi connectivity index (χ3v) is 13.2. The SMILES string of the molecule is CCC1NCCC1C(=O)N(C)C(C(=O)NC(Cc1cc(C)cc(-c2ccc3c(c2)c(CC(C)(C)COC=O)c(-c2cccnc2C(C)OC)n3CC)c1)C(=O)N1CCCCN1)C(C)C. The number of benzene rings is 2. The number of pyridine rings is 1. The minimum absolute atomic E-state index is 0.0422. The van der Waals surface area contributed by atoms with E-state index in [0.717, 1.165) is 87.9 Å². The number of aryl methyl sites for hydroxylation is 2. The van der Waals surface area contributed by atoms with Crippen LogP contribution in [0.2, 0.25) is 0 Å². The summed E-state index contributed by atoms with van der Waals surface area (Å²) >= 11 is 0. The van der Waals surface area contributed by atoms with Crippen molar-refractivity contribution in [2.24, 2.45) is 17.3 Å². The van der Waals surface area contributed by atoms with Crippen LogP contribution in [0.15, 0.2) is 54.7 Å². The largest absolute Gasteiger partial charge is 0.467 e. The zero-order valence-corrected chi connectivity index (χ0v) is 39.8. The molecule has 6 rings (SSSR count). The number of methoxy groups -OCH3 is 1. The van der Waals surface area contributed by atoms with Crippen LogP contribution in [0.5, 0.6) is 0 Å². The molecule has 0 bridgehead atoms. The Labute approximate surface area is 380 Å². The van der Waals surface area contributed by atoms with E-state index < -0.39 is 12.1 Å². The topological polar surface area (TPSA) is 147 Å². The predicted molar refractivity (Wildman–Crippen MR) is 252 cm³/mol. The molecule has 64 heavy (non-hydrogen) atoms. The summed E-state index contributed by atoms with van der Waals surface area (Å²) in [5, 5.41) is 9.34. The molecule has 2 fully saturated rings. The summed E-state index contributed by atoms with van der Waals surface area (Å²) in [5.41, 5.74) is 11.9. The number of nitrogens with one attached hydrogen (secondary N) is 3. The van der Waals surface area contributed by atoms with Crippen molar-refractivity contribution in [2.45, 2.75) is 125 Å². The van der Waals surface area contributed by atoms with E-state index in [4.69, 9.17) is 14.5 Å². The van der Waals surface area contributed by atoms with Crippen molar-refractivity contribution >= 4 is 35.1 Å². The fourth-order valence-corrected chi connectivity index (χ4v) is 9.98. The molecule has 13 nitrogen and oxygen atoms in total. The number of hydrazine groups is 1. The minimum atomic E-state index is -0.872. The van der Waals surface area contributed by atoms with Crippen molar-refractivity contribution < 1.29 is 28.7 Å².